The summed E-state index contributed by atoms with van der Waals surface area (Å²) >= 11 is 0. The van der Waals surface area contributed by atoms with Gasteiger partial charge in [-0.15, -0.1) is 0 Å². The van der Waals surface area contributed by atoms with E-state index in [4.69, 9.17) is 9.47 Å². The zero-order chi connectivity index (χ0) is 15.7. The third kappa shape index (κ3) is 7.76. The smallest absolute Gasteiger partial charge is 0.239 e. The molecule has 6 heteroatoms. The minimum absolute atomic E-state index is 0.0527. The number of ether oxygens (including phenoxy) is 2. The number of hydrogen-bond donors (Lipinski definition) is 2. The first-order valence-corrected chi connectivity index (χ1v) is 7.86. The topological polar surface area (TPSA) is 71.0 Å². The zero-order valence-corrected chi connectivity index (χ0v) is 13.5. The van der Waals surface area contributed by atoms with Gasteiger partial charge in [-0.1, -0.05) is 6.42 Å². The number of aliphatic hydroxyl groups is 1. The average Bonchev–Trinajstić information content (AvgIpc) is 2.46. The Balaban J connectivity index is 2.14. The van der Waals surface area contributed by atoms with Gasteiger partial charge in [0.2, 0.25) is 5.91 Å². The minimum atomic E-state index is -0.665. The number of nitrogens with one attached hydrogen (secondary N) is 1. The van der Waals surface area contributed by atoms with Crippen LogP contribution in [0.2, 0.25) is 0 Å². The molecule has 1 rings (SSSR count). The van der Waals surface area contributed by atoms with Gasteiger partial charge in [0.15, 0.2) is 0 Å². The number of rotatable bonds is 9. The molecule has 0 saturated carbocycles. The van der Waals surface area contributed by atoms with E-state index < -0.39 is 6.10 Å². The van der Waals surface area contributed by atoms with Gasteiger partial charge in [0, 0.05) is 13.6 Å². The van der Waals surface area contributed by atoms with Gasteiger partial charge < -0.3 is 24.8 Å². The Morgan fingerprint density at radius 3 is 2.76 bits per heavy atom. The molecule has 6 nitrogen and oxygen atoms in total. The first-order chi connectivity index (χ1) is 10.0. The Morgan fingerprint density at radius 2 is 2.14 bits per heavy atom. The van der Waals surface area contributed by atoms with Gasteiger partial charge in [0.05, 0.1) is 38.1 Å². The molecule has 2 atom stereocenters. The number of piperidine rings is 1. The molecular weight excluding hydrogens is 272 g/mol. The van der Waals surface area contributed by atoms with Gasteiger partial charge in [-0.3, -0.25) is 4.79 Å². The molecule has 1 heterocycles. The van der Waals surface area contributed by atoms with Gasteiger partial charge >= 0.3 is 0 Å². The highest BCUT2D eigenvalue weighted by atomic mass is 16.5. The molecule has 0 bridgehead atoms. The molecule has 1 saturated heterocycles. The van der Waals surface area contributed by atoms with Gasteiger partial charge in [0.25, 0.3) is 0 Å². The van der Waals surface area contributed by atoms with Crippen molar-refractivity contribution in [2.75, 3.05) is 40.0 Å². The molecule has 0 aliphatic carbocycles. The summed E-state index contributed by atoms with van der Waals surface area (Å²) in [5, 5.41) is 13.1. The average molecular weight is 302 g/mol. The van der Waals surface area contributed by atoms with E-state index in [2.05, 4.69) is 5.32 Å². The van der Waals surface area contributed by atoms with Crippen molar-refractivity contribution < 1.29 is 19.4 Å². The lowest BCUT2D eigenvalue weighted by Gasteiger charge is -2.28. The molecule has 0 aromatic heterocycles. The Morgan fingerprint density at radius 1 is 1.38 bits per heavy atom. The van der Waals surface area contributed by atoms with E-state index in [1.165, 1.54) is 0 Å². The second-order valence-corrected chi connectivity index (χ2v) is 5.87. The molecular formula is C15H30N2O4. The highest BCUT2D eigenvalue weighted by Crippen LogP contribution is 2.09. The van der Waals surface area contributed by atoms with Crippen molar-refractivity contribution in [1.29, 1.82) is 0 Å². The maximum Gasteiger partial charge on any atom is 0.239 e. The van der Waals surface area contributed by atoms with Crippen LogP contribution >= 0.6 is 0 Å². The number of amides is 1. The van der Waals surface area contributed by atoms with Crippen LogP contribution in [0.1, 0.15) is 33.1 Å². The van der Waals surface area contributed by atoms with Crippen molar-refractivity contribution in [1.82, 2.24) is 10.2 Å². The lowest BCUT2D eigenvalue weighted by molar-refractivity contribution is -0.134. The summed E-state index contributed by atoms with van der Waals surface area (Å²) < 4.78 is 10.7. The van der Waals surface area contributed by atoms with Crippen LogP contribution < -0.4 is 5.32 Å². The Labute approximate surface area is 127 Å². The van der Waals surface area contributed by atoms with Crippen LogP contribution in [0.25, 0.3) is 0 Å². The van der Waals surface area contributed by atoms with Crippen molar-refractivity contribution in [2.45, 2.75) is 51.4 Å². The first kappa shape index (κ1) is 18.4. The third-order valence-corrected chi connectivity index (χ3v) is 3.46. The fourth-order valence-corrected chi connectivity index (χ4v) is 2.35. The lowest BCUT2D eigenvalue weighted by Crippen LogP contribution is -2.49. The minimum Gasteiger partial charge on any atom is -0.389 e. The Hall–Kier alpha value is -0.690. The van der Waals surface area contributed by atoms with Crippen LogP contribution in [0.5, 0.6) is 0 Å². The second kappa shape index (κ2) is 10.1. The van der Waals surface area contributed by atoms with Gasteiger partial charge in [-0.25, -0.2) is 0 Å². The molecule has 1 amide bonds. The number of nitrogens with zero attached hydrogens (tertiary/aromatic N) is 1. The fourth-order valence-electron chi connectivity index (χ4n) is 2.35. The van der Waals surface area contributed by atoms with E-state index >= 15 is 0 Å². The molecule has 1 aliphatic heterocycles. The van der Waals surface area contributed by atoms with E-state index in [0.717, 1.165) is 25.8 Å². The van der Waals surface area contributed by atoms with E-state index in [0.29, 0.717) is 19.8 Å². The molecule has 1 aliphatic rings. The number of carbonyl (C=O) groups is 1. The van der Waals surface area contributed by atoms with E-state index in [9.17, 15) is 9.90 Å². The van der Waals surface area contributed by atoms with E-state index in [1.54, 1.807) is 11.9 Å². The zero-order valence-electron chi connectivity index (χ0n) is 13.5. The van der Waals surface area contributed by atoms with Crippen molar-refractivity contribution in [2.24, 2.45) is 0 Å². The van der Waals surface area contributed by atoms with Crippen LogP contribution in [0.4, 0.5) is 0 Å². The van der Waals surface area contributed by atoms with Crippen LogP contribution in [-0.4, -0.2) is 74.1 Å². The summed E-state index contributed by atoms with van der Waals surface area (Å²) in [5.41, 5.74) is 0. The van der Waals surface area contributed by atoms with Gasteiger partial charge in [-0.2, -0.15) is 0 Å². The first-order valence-electron chi connectivity index (χ1n) is 7.86. The fraction of sp³-hybridized carbons (Fsp3) is 0.933. The normalized spacial score (nSPS) is 20.5. The Kier molecular flexibility index (Phi) is 8.84. The van der Waals surface area contributed by atoms with Gasteiger partial charge in [-0.05, 0) is 33.2 Å². The highest BCUT2D eigenvalue weighted by Gasteiger charge is 2.24. The predicted molar refractivity (Wildman–Crippen MR) is 81.2 cm³/mol. The van der Waals surface area contributed by atoms with Crippen molar-refractivity contribution in [3.63, 3.8) is 0 Å². The lowest BCUT2D eigenvalue weighted by atomic mass is 10.0. The summed E-state index contributed by atoms with van der Waals surface area (Å²) in [6, 6.07) is -0.101. The molecule has 1 fully saturated rings. The van der Waals surface area contributed by atoms with Crippen LogP contribution in [0.3, 0.4) is 0 Å². The Bertz CT molecular complexity index is 293. The molecule has 124 valence electrons. The standard InChI is InChI=1S/C15H30N2O4/c1-12(2)21-9-8-20-11-13(18)10-17(3)15(19)14-6-4-5-7-16-14/h12-14,16,18H,4-11H2,1-3H3. The molecule has 0 spiro atoms. The van der Waals surface area contributed by atoms with Crippen molar-refractivity contribution in [3.8, 4) is 0 Å². The largest absolute Gasteiger partial charge is 0.389 e. The van der Waals surface area contributed by atoms with Gasteiger partial charge in [0.1, 0.15) is 0 Å². The summed E-state index contributed by atoms with van der Waals surface area (Å²) in [4.78, 5) is 13.8. The molecule has 2 unspecified atom stereocenters. The highest BCUT2D eigenvalue weighted by molar-refractivity contribution is 5.81. The maximum atomic E-state index is 12.2. The second-order valence-electron chi connectivity index (χ2n) is 5.87. The third-order valence-electron chi connectivity index (χ3n) is 3.46. The molecule has 0 aromatic rings. The monoisotopic (exact) mass is 302 g/mol. The quantitative estimate of drug-likeness (QED) is 0.603. The molecule has 2 N–H and O–H groups in total. The van der Waals surface area contributed by atoms with Crippen LogP contribution in [0, 0.1) is 0 Å². The number of hydrogen-bond acceptors (Lipinski definition) is 5. The summed E-state index contributed by atoms with van der Waals surface area (Å²) in [6.45, 7) is 6.32. The molecule has 0 aromatic carbocycles. The molecule has 0 radical (unpaired) electrons. The maximum absolute atomic E-state index is 12.2. The van der Waals surface area contributed by atoms with Crippen LogP contribution in [0.15, 0.2) is 0 Å². The summed E-state index contributed by atoms with van der Waals surface area (Å²) in [5.74, 6) is 0.0527. The van der Waals surface area contributed by atoms with E-state index in [-0.39, 0.29) is 24.7 Å². The summed E-state index contributed by atoms with van der Waals surface area (Å²) in [6.07, 6.45) is 2.61. The number of aliphatic hydroxyl groups excluding tert-OH is 1. The number of carbonyl (C=O) groups excluding carboxylic acids is 1. The van der Waals surface area contributed by atoms with Crippen molar-refractivity contribution >= 4 is 5.91 Å². The molecule has 21 heavy (non-hydrogen) atoms. The summed E-state index contributed by atoms with van der Waals surface area (Å²) in [7, 11) is 1.73. The van der Waals surface area contributed by atoms with E-state index in [1.807, 2.05) is 13.8 Å². The number of likely N-dealkylation sites (N-methyl/N-ethyl adjacent to an activating group) is 1. The SMILES string of the molecule is CC(C)OCCOCC(O)CN(C)C(=O)C1CCCCN1. The van der Waals surface area contributed by atoms with Crippen LogP contribution in [-0.2, 0) is 14.3 Å². The predicted octanol–water partition coefficient (Wildman–Crippen LogP) is 0.389. The van der Waals surface area contributed by atoms with Crippen molar-refractivity contribution in [3.05, 3.63) is 0 Å².